The average Bonchev–Trinajstić information content (AvgIpc) is 2.34. The summed E-state index contributed by atoms with van der Waals surface area (Å²) >= 11 is 0. The molecule has 0 aliphatic carbocycles. The lowest BCUT2D eigenvalue weighted by molar-refractivity contribution is -0.393. The van der Waals surface area contributed by atoms with Gasteiger partial charge in [0.2, 0.25) is 0 Å². The van der Waals surface area contributed by atoms with E-state index >= 15 is 0 Å². The molecule has 8 nitrogen and oxygen atoms in total. The topological polar surface area (TPSA) is 110 Å². The molecule has 0 atom stereocenters. The fourth-order valence-electron chi connectivity index (χ4n) is 1.42. The first kappa shape index (κ1) is 17.1. The Balaban J connectivity index is 0.00000324. The van der Waals surface area contributed by atoms with Gasteiger partial charge in [-0.05, 0) is 26.1 Å². The number of hydrogen-bond acceptors (Lipinski definition) is 6. The third-order valence-electron chi connectivity index (χ3n) is 2.31. The largest absolute Gasteiger partial charge is 1.00 e. The van der Waals surface area contributed by atoms with E-state index in [9.17, 15) is 20.2 Å². The number of nitro benzene ring substituents is 2. The Morgan fingerprint density at radius 3 is 2.37 bits per heavy atom. The Morgan fingerprint density at radius 2 is 1.84 bits per heavy atom. The maximum atomic E-state index is 10.8. The predicted octanol–water partition coefficient (Wildman–Crippen LogP) is -1.47. The predicted molar refractivity (Wildman–Crippen MR) is 66.8 cm³/mol. The second kappa shape index (κ2) is 8.22. The van der Waals surface area contributed by atoms with Crippen LogP contribution in [0, 0.1) is 20.2 Å². The van der Waals surface area contributed by atoms with E-state index in [4.69, 9.17) is 0 Å². The molecule has 1 aromatic rings. The van der Waals surface area contributed by atoms with Crippen molar-refractivity contribution >= 4 is 17.1 Å². The Kier molecular flexibility index (Phi) is 7.39. The zero-order valence-corrected chi connectivity index (χ0v) is 11.0. The number of non-ortho nitro benzene ring substituents is 1. The van der Waals surface area contributed by atoms with Crippen LogP contribution in [-0.4, -0.2) is 30.0 Å². The van der Waals surface area contributed by atoms with Gasteiger partial charge in [-0.2, -0.15) is 0 Å². The fraction of sp³-hybridized carbons (Fsp3) is 0.400. The zero-order chi connectivity index (χ0) is 13.5. The molecule has 0 amide bonds. The van der Waals surface area contributed by atoms with Crippen LogP contribution in [0.25, 0.3) is 0 Å². The smallest absolute Gasteiger partial charge is 0.299 e. The molecule has 0 unspecified atom stereocenters. The van der Waals surface area contributed by atoms with E-state index in [1.807, 2.05) is 7.05 Å². The summed E-state index contributed by atoms with van der Waals surface area (Å²) in [5, 5.41) is 27.2. The molecule has 0 saturated carbocycles. The van der Waals surface area contributed by atoms with E-state index in [2.05, 4.69) is 10.6 Å². The van der Waals surface area contributed by atoms with Crippen LogP contribution in [-0.2, 0) is 0 Å². The van der Waals surface area contributed by atoms with Crippen molar-refractivity contribution in [2.45, 2.75) is 6.42 Å². The number of nitrogens with one attached hydrogen (secondary N) is 2. The Hall–Kier alpha value is -1.93. The summed E-state index contributed by atoms with van der Waals surface area (Å²) in [6.07, 6.45) is 0.796. The summed E-state index contributed by atoms with van der Waals surface area (Å²) in [4.78, 5) is 20.1. The molecule has 9 heteroatoms. The molecule has 0 fully saturated rings. The summed E-state index contributed by atoms with van der Waals surface area (Å²) in [7, 11) is 1.81. The van der Waals surface area contributed by atoms with Crippen LogP contribution in [0.5, 0.6) is 0 Å². The number of hydrogen-bond donors (Lipinski definition) is 2. The summed E-state index contributed by atoms with van der Waals surface area (Å²) < 4.78 is 0. The van der Waals surface area contributed by atoms with Crippen LogP contribution in [0.1, 0.15) is 6.42 Å². The number of halogens is 1. The Bertz CT molecular complexity index is 455. The van der Waals surface area contributed by atoms with Gasteiger partial charge in [-0.15, -0.1) is 0 Å². The van der Waals surface area contributed by atoms with Gasteiger partial charge in [-0.25, -0.2) is 0 Å². The molecule has 0 aromatic heterocycles. The van der Waals surface area contributed by atoms with Crippen molar-refractivity contribution in [3.05, 3.63) is 38.4 Å². The van der Waals surface area contributed by atoms with E-state index in [1.54, 1.807) is 0 Å². The molecule has 0 bridgehead atoms. The average molecular weight is 290 g/mol. The van der Waals surface area contributed by atoms with Crippen LogP contribution in [0.3, 0.4) is 0 Å². The molecule has 0 heterocycles. The number of anilines is 1. The molecule has 1 rings (SSSR count). The first-order valence-corrected chi connectivity index (χ1v) is 5.37. The van der Waals surface area contributed by atoms with Crippen LogP contribution in [0.4, 0.5) is 17.1 Å². The van der Waals surface area contributed by atoms with Crippen molar-refractivity contribution in [1.29, 1.82) is 0 Å². The maximum absolute atomic E-state index is 10.8. The van der Waals surface area contributed by atoms with Crippen molar-refractivity contribution in [2.75, 3.05) is 25.5 Å². The summed E-state index contributed by atoms with van der Waals surface area (Å²) in [5.41, 5.74) is -0.280. The van der Waals surface area contributed by atoms with Gasteiger partial charge in [0.15, 0.2) is 0 Å². The van der Waals surface area contributed by atoms with Gasteiger partial charge in [0.25, 0.3) is 11.4 Å². The third-order valence-corrected chi connectivity index (χ3v) is 2.31. The monoisotopic (exact) mass is 289 g/mol. The van der Waals surface area contributed by atoms with E-state index in [-0.39, 0.29) is 23.8 Å². The van der Waals surface area contributed by atoms with Gasteiger partial charge in [-0.3, -0.25) is 20.2 Å². The molecule has 19 heavy (non-hydrogen) atoms. The highest BCUT2D eigenvalue weighted by Gasteiger charge is 2.18. The zero-order valence-electron chi connectivity index (χ0n) is 10.3. The first-order valence-electron chi connectivity index (χ1n) is 5.37. The lowest BCUT2D eigenvalue weighted by Crippen LogP contribution is -3.00. The molecule has 0 saturated heterocycles. The molecule has 2 N–H and O–H groups in total. The molecular formula is C10H14ClN4O4-. The maximum Gasteiger partial charge on any atom is 0.299 e. The Labute approximate surface area is 115 Å². The second-order valence-corrected chi connectivity index (χ2v) is 3.60. The highest BCUT2D eigenvalue weighted by molar-refractivity contribution is 5.65. The van der Waals surface area contributed by atoms with Gasteiger partial charge >= 0.3 is 0 Å². The number of rotatable bonds is 7. The molecule has 1 aromatic carbocycles. The molecule has 0 aliphatic heterocycles. The standard InChI is InChI=1S/C10H14N4O4.ClH/c1-11-5-2-6-12-9-4-3-8(13(15)16)7-10(9)14(17)18;/h3-4,7,11-12H,2,5-6H2,1H3;1H/p-1. The van der Waals surface area contributed by atoms with E-state index in [0.717, 1.165) is 19.0 Å². The van der Waals surface area contributed by atoms with Crippen LogP contribution < -0.4 is 23.0 Å². The van der Waals surface area contributed by atoms with Crippen LogP contribution >= 0.6 is 0 Å². The van der Waals surface area contributed by atoms with Crippen molar-refractivity contribution < 1.29 is 22.3 Å². The lowest BCUT2D eigenvalue weighted by Gasteiger charge is -2.06. The minimum Gasteiger partial charge on any atom is -1.00 e. The van der Waals surface area contributed by atoms with Gasteiger partial charge < -0.3 is 23.0 Å². The van der Waals surface area contributed by atoms with Crippen molar-refractivity contribution in [1.82, 2.24) is 5.32 Å². The SMILES string of the molecule is CNCCCNc1ccc([N+](=O)[O-])cc1[N+](=O)[O-].[Cl-]. The highest BCUT2D eigenvalue weighted by Crippen LogP contribution is 2.28. The van der Waals surface area contributed by atoms with Crippen LogP contribution in [0.15, 0.2) is 18.2 Å². The minimum atomic E-state index is -0.655. The Morgan fingerprint density at radius 1 is 1.16 bits per heavy atom. The molecular weight excluding hydrogens is 276 g/mol. The molecule has 0 radical (unpaired) electrons. The lowest BCUT2D eigenvalue weighted by atomic mass is 10.2. The first-order chi connectivity index (χ1) is 8.56. The summed E-state index contributed by atoms with van der Waals surface area (Å²) in [5.74, 6) is 0. The quantitative estimate of drug-likeness (QED) is 0.360. The number of nitrogens with zero attached hydrogens (tertiary/aromatic N) is 2. The number of nitro groups is 2. The summed E-state index contributed by atoms with van der Waals surface area (Å²) in [6, 6.07) is 3.56. The van der Waals surface area contributed by atoms with E-state index < -0.39 is 9.85 Å². The summed E-state index contributed by atoms with van der Waals surface area (Å²) in [6.45, 7) is 1.34. The molecule has 0 spiro atoms. The van der Waals surface area contributed by atoms with Crippen LogP contribution in [0.2, 0.25) is 0 Å². The highest BCUT2D eigenvalue weighted by atomic mass is 35.5. The van der Waals surface area contributed by atoms with Gasteiger partial charge in [0.1, 0.15) is 5.69 Å². The van der Waals surface area contributed by atoms with Gasteiger partial charge in [0, 0.05) is 12.6 Å². The normalized spacial score (nSPS) is 9.53. The van der Waals surface area contributed by atoms with Crippen molar-refractivity contribution in [3.63, 3.8) is 0 Å². The van der Waals surface area contributed by atoms with Crippen molar-refractivity contribution in [3.8, 4) is 0 Å². The molecule has 106 valence electrons. The van der Waals surface area contributed by atoms with Gasteiger partial charge in [-0.1, -0.05) is 0 Å². The fourth-order valence-corrected chi connectivity index (χ4v) is 1.42. The van der Waals surface area contributed by atoms with Crippen molar-refractivity contribution in [2.24, 2.45) is 0 Å². The minimum absolute atomic E-state index is 0. The van der Waals surface area contributed by atoms with Gasteiger partial charge in [0.05, 0.1) is 15.9 Å². The van der Waals surface area contributed by atoms with E-state index in [0.29, 0.717) is 12.2 Å². The van der Waals surface area contributed by atoms with E-state index in [1.165, 1.54) is 12.1 Å². The number of benzene rings is 1. The molecule has 0 aliphatic rings. The third kappa shape index (κ3) is 5.06. The second-order valence-electron chi connectivity index (χ2n) is 3.60.